The van der Waals surface area contributed by atoms with E-state index >= 15 is 0 Å². The maximum Gasteiger partial charge on any atom is 0.242 e. The molecule has 0 unspecified atom stereocenters. The third kappa shape index (κ3) is 5.09. The highest BCUT2D eigenvalue weighted by molar-refractivity contribution is 7.89. The lowest BCUT2D eigenvalue weighted by molar-refractivity contribution is -0.115. The Kier molecular flexibility index (Phi) is 7.17. The van der Waals surface area contributed by atoms with Crippen molar-refractivity contribution in [2.45, 2.75) is 24.8 Å². The van der Waals surface area contributed by atoms with Gasteiger partial charge >= 0.3 is 0 Å². The Hall–Kier alpha value is -2.42. The lowest BCUT2D eigenvalue weighted by atomic mass is 10.1. The fraction of sp³-hybridized carbons (Fsp3) is 0.350. The Labute approximate surface area is 166 Å². The highest BCUT2D eigenvalue weighted by Crippen LogP contribution is 2.24. The second kappa shape index (κ2) is 9.18. The number of nitrogens with zero attached hydrogens (tertiary/aromatic N) is 1. The lowest BCUT2D eigenvalue weighted by Crippen LogP contribution is -2.30. The quantitative estimate of drug-likeness (QED) is 0.705. The summed E-state index contributed by atoms with van der Waals surface area (Å²) in [5.41, 5.74) is 2.21. The zero-order chi connectivity index (χ0) is 20.9. The van der Waals surface area contributed by atoms with E-state index in [0.717, 1.165) is 21.2 Å². The first-order valence-electron chi connectivity index (χ1n) is 8.86. The first-order chi connectivity index (χ1) is 13.2. The van der Waals surface area contributed by atoms with Gasteiger partial charge in [-0.25, -0.2) is 12.7 Å². The molecular formula is C20H27N3O4S. The zero-order valence-corrected chi connectivity index (χ0v) is 17.6. The molecule has 0 aliphatic heterocycles. The van der Waals surface area contributed by atoms with Crippen molar-refractivity contribution in [2.75, 3.05) is 33.1 Å². The molecule has 8 heteroatoms. The van der Waals surface area contributed by atoms with Crippen LogP contribution in [0.4, 0.5) is 5.69 Å². The van der Waals surface area contributed by atoms with Gasteiger partial charge in [0, 0.05) is 31.4 Å². The average Bonchev–Trinajstić information content (AvgIpc) is 2.67. The third-order valence-corrected chi connectivity index (χ3v) is 6.25. The first kappa shape index (κ1) is 21.9. The molecule has 0 saturated heterocycles. The molecule has 28 heavy (non-hydrogen) atoms. The van der Waals surface area contributed by atoms with Gasteiger partial charge in [-0.3, -0.25) is 4.79 Å². The van der Waals surface area contributed by atoms with E-state index in [-0.39, 0.29) is 23.4 Å². The molecule has 1 amide bonds. The van der Waals surface area contributed by atoms with E-state index in [9.17, 15) is 13.2 Å². The second-order valence-electron chi connectivity index (χ2n) is 6.66. The summed E-state index contributed by atoms with van der Waals surface area (Å²) in [5.74, 6) is 0.490. The molecule has 0 aliphatic rings. The molecule has 7 nitrogen and oxygen atoms in total. The molecule has 2 aromatic rings. The molecule has 0 heterocycles. The number of benzene rings is 2. The summed E-state index contributed by atoms with van der Waals surface area (Å²) in [6.45, 7) is 3.83. The molecule has 0 saturated carbocycles. The van der Waals surface area contributed by atoms with E-state index in [4.69, 9.17) is 4.74 Å². The second-order valence-corrected chi connectivity index (χ2v) is 8.81. The molecule has 0 aromatic heterocycles. The number of anilines is 1. The number of para-hydroxylation sites is 1. The van der Waals surface area contributed by atoms with Crippen molar-refractivity contribution in [2.24, 2.45) is 0 Å². The molecule has 0 fully saturated rings. The maximum absolute atomic E-state index is 12.4. The van der Waals surface area contributed by atoms with Gasteiger partial charge in [-0.05, 0) is 37.6 Å². The molecule has 1 atom stereocenters. The molecule has 0 bridgehead atoms. The van der Waals surface area contributed by atoms with Crippen LogP contribution in [0.1, 0.15) is 24.1 Å². The average molecular weight is 406 g/mol. The predicted octanol–water partition coefficient (Wildman–Crippen LogP) is 2.54. The lowest BCUT2D eigenvalue weighted by Gasteiger charge is -2.18. The summed E-state index contributed by atoms with van der Waals surface area (Å²) in [7, 11) is 0.976. The van der Waals surface area contributed by atoms with Gasteiger partial charge in [0.2, 0.25) is 15.9 Å². The van der Waals surface area contributed by atoms with Crippen molar-refractivity contribution in [3.8, 4) is 5.75 Å². The van der Waals surface area contributed by atoms with Crippen molar-refractivity contribution in [1.82, 2.24) is 9.62 Å². The SMILES string of the molecule is COc1ccccc1[C@H](C)NCC(=O)Nc1cc(S(=O)(=O)N(C)C)ccc1C. The number of rotatable bonds is 8. The molecule has 152 valence electrons. The largest absolute Gasteiger partial charge is 0.496 e. The molecule has 2 rings (SSSR count). The number of nitrogens with one attached hydrogen (secondary N) is 2. The highest BCUT2D eigenvalue weighted by Gasteiger charge is 2.19. The number of hydrogen-bond acceptors (Lipinski definition) is 5. The van der Waals surface area contributed by atoms with Gasteiger partial charge in [0.1, 0.15) is 5.75 Å². The van der Waals surface area contributed by atoms with Gasteiger partial charge in [-0.1, -0.05) is 24.3 Å². The molecular weight excluding hydrogens is 378 g/mol. The van der Waals surface area contributed by atoms with E-state index in [1.54, 1.807) is 13.2 Å². The molecule has 0 radical (unpaired) electrons. The van der Waals surface area contributed by atoms with Crippen LogP contribution < -0.4 is 15.4 Å². The van der Waals surface area contributed by atoms with Crippen molar-refractivity contribution >= 4 is 21.6 Å². The number of carbonyl (C=O) groups excluding carboxylic acids is 1. The Morgan fingerprint density at radius 2 is 1.86 bits per heavy atom. The molecule has 0 spiro atoms. The van der Waals surface area contributed by atoms with Crippen LogP contribution in [-0.4, -0.2) is 46.4 Å². The summed E-state index contributed by atoms with van der Waals surface area (Å²) < 4.78 is 31.1. The summed E-state index contributed by atoms with van der Waals surface area (Å²) >= 11 is 0. The van der Waals surface area contributed by atoms with E-state index < -0.39 is 10.0 Å². The topological polar surface area (TPSA) is 87.7 Å². The van der Waals surface area contributed by atoms with Crippen molar-refractivity contribution in [3.63, 3.8) is 0 Å². The van der Waals surface area contributed by atoms with Gasteiger partial charge in [0.05, 0.1) is 18.6 Å². The number of hydrogen-bond donors (Lipinski definition) is 2. The number of sulfonamides is 1. The minimum Gasteiger partial charge on any atom is -0.496 e. The van der Waals surface area contributed by atoms with Crippen molar-refractivity contribution < 1.29 is 17.9 Å². The number of aryl methyl sites for hydroxylation is 1. The van der Waals surface area contributed by atoms with Gasteiger partial charge < -0.3 is 15.4 Å². The molecule has 2 N–H and O–H groups in total. The monoisotopic (exact) mass is 405 g/mol. The van der Waals surface area contributed by atoms with Crippen molar-refractivity contribution in [1.29, 1.82) is 0 Å². The summed E-state index contributed by atoms with van der Waals surface area (Å²) in [6.07, 6.45) is 0. The maximum atomic E-state index is 12.4. The van der Waals surface area contributed by atoms with Gasteiger partial charge in [0.15, 0.2) is 0 Å². The number of ether oxygens (including phenoxy) is 1. The van der Waals surface area contributed by atoms with Crippen LogP contribution in [0.25, 0.3) is 0 Å². The molecule has 2 aromatic carbocycles. The van der Waals surface area contributed by atoms with E-state index in [1.807, 2.05) is 38.1 Å². The molecule has 0 aliphatic carbocycles. The number of carbonyl (C=O) groups is 1. The Morgan fingerprint density at radius 3 is 2.50 bits per heavy atom. The van der Waals surface area contributed by atoms with Crippen LogP contribution in [-0.2, 0) is 14.8 Å². The van der Waals surface area contributed by atoms with Crippen LogP contribution in [0.3, 0.4) is 0 Å². The number of amides is 1. The van der Waals surface area contributed by atoms with E-state index in [1.165, 1.54) is 26.2 Å². The van der Waals surface area contributed by atoms with Crippen LogP contribution in [0, 0.1) is 6.92 Å². The van der Waals surface area contributed by atoms with Crippen molar-refractivity contribution in [3.05, 3.63) is 53.6 Å². The minimum absolute atomic E-state index is 0.0727. The summed E-state index contributed by atoms with van der Waals surface area (Å²) in [5, 5.41) is 5.94. The van der Waals surface area contributed by atoms with Gasteiger partial charge in [-0.15, -0.1) is 0 Å². The minimum atomic E-state index is -3.57. The Balaban J connectivity index is 2.07. The van der Waals surface area contributed by atoms with Crippen LogP contribution >= 0.6 is 0 Å². The third-order valence-electron chi connectivity index (χ3n) is 4.44. The normalized spacial score (nSPS) is 12.6. The zero-order valence-electron chi connectivity index (χ0n) is 16.8. The van der Waals surface area contributed by atoms with Crippen LogP contribution in [0.5, 0.6) is 5.75 Å². The smallest absolute Gasteiger partial charge is 0.242 e. The van der Waals surface area contributed by atoms with E-state index in [2.05, 4.69) is 10.6 Å². The van der Waals surface area contributed by atoms with E-state index in [0.29, 0.717) is 5.69 Å². The van der Waals surface area contributed by atoms with Crippen LogP contribution in [0.15, 0.2) is 47.4 Å². The summed E-state index contributed by atoms with van der Waals surface area (Å²) in [4.78, 5) is 12.5. The Bertz CT molecular complexity index is 942. The van der Waals surface area contributed by atoms with Gasteiger partial charge in [0.25, 0.3) is 0 Å². The predicted molar refractivity (Wildman–Crippen MR) is 110 cm³/mol. The van der Waals surface area contributed by atoms with Gasteiger partial charge in [-0.2, -0.15) is 0 Å². The van der Waals surface area contributed by atoms with Crippen LogP contribution in [0.2, 0.25) is 0 Å². The fourth-order valence-corrected chi connectivity index (χ4v) is 3.61. The summed E-state index contributed by atoms with van der Waals surface area (Å²) in [6, 6.07) is 12.2. The number of methoxy groups -OCH3 is 1. The highest BCUT2D eigenvalue weighted by atomic mass is 32.2. The Morgan fingerprint density at radius 1 is 1.18 bits per heavy atom. The first-order valence-corrected chi connectivity index (χ1v) is 10.3. The fourth-order valence-electron chi connectivity index (χ4n) is 2.68. The standard InChI is InChI=1S/C20H27N3O4S/c1-14-10-11-16(28(25,26)23(3)4)12-18(14)22-20(24)13-21-15(2)17-8-6-7-9-19(17)27-5/h6-12,15,21H,13H2,1-5H3,(H,22,24)/t15-/m0/s1.